The fraction of sp³-hybridized carbons (Fsp3) is 0.538. The first kappa shape index (κ1) is 14.4. The molecule has 0 atom stereocenters. The molecule has 0 saturated heterocycles. The smallest absolute Gasteiger partial charge is 0.305 e. The van der Waals surface area contributed by atoms with E-state index in [0.29, 0.717) is 5.75 Å². The summed E-state index contributed by atoms with van der Waals surface area (Å²) in [5, 5.41) is 13.8. The second-order valence-corrected chi connectivity index (χ2v) is 6.84. The molecule has 19 heavy (non-hydrogen) atoms. The lowest BCUT2D eigenvalue weighted by Gasteiger charge is -2.41. The van der Waals surface area contributed by atoms with E-state index in [1.165, 1.54) is 4.88 Å². The van der Waals surface area contributed by atoms with Gasteiger partial charge in [-0.3, -0.25) is 9.59 Å². The van der Waals surface area contributed by atoms with E-state index >= 15 is 0 Å². The first-order valence-corrected chi connectivity index (χ1v) is 8.26. The van der Waals surface area contributed by atoms with Crippen LogP contribution >= 0.6 is 23.1 Å². The molecule has 1 saturated carbocycles. The van der Waals surface area contributed by atoms with Gasteiger partial charge in [-0.05, 0) is 30.7 Å². The zero-order chi connectivity index (χ0) is 13.7. The van der Waals surface area contributed by atoms with Crippen molar-refractivity contribution in [3.05, 3.63) is 22.4 Å². The number of aliphatic carboxylic acids is 1. The van der Waals surface area contributed by atoms with Crippen LogP contribution in [0.25, 0.3) is 0 Å². The molecule has 0 spiro atoms. The fourth-order valence-electron chi connectivity index (χ4n) is 2.21. The summed E-state index contributed by atoms with van der Waals surface area (Å²) in [4.78, 5) is 23.9. The van der Waals surface area contributed by atoms with Crippen LogP contribution in [-0.2, 0) is 15.3 Å². The van der Waals surface area contributed by atoms with Gasteiger partial charge in [0.05, 0.1) is 17.7 Å². The van der Waals surface area contributed by atoms with Crippen molar-refractivity contribution in [2.24, 2.45) is 0 Å². The molecule has 2 rings (SSSR count). The van der Waals surface area contributed by atoms with E-state index < -0.39 is 11.5 Å². The molecule has 1 heterocycles. The fourth-order valence-corrected chi connectivity index (χ4v) is 3.88. The van der Waals surface area contributed by atoms with Gasteiger partial charge in [0.15, 0.2) is 0 Å². The molecule has 6 heteroatoms. The van der Waals surface area contributed by atoms with E-state index in [1.54, 1.807) is 23.1 Å². The van der Waals surface area contributed by atoms with Crippen molar-refractivity contribution >= 4 is 35.0 Å². The van der Waals surface area contributed by atoms with Crippen LogP contribution in [0.2, 0.25) is 0 Å². The molecule has 1 aliphatic carbocycles. The Kier molecular flexibility index (Phi) is 4.87. The quantitative estimate of drug-likeness (QED) is 0.812. The normalized spacial score (nSPS) is 16.6. The number of carboxylic acids is 1. The number of rotatable bonds is 7. The Morgan fingerprint density at radius 2 is 2.26 bits per heavy atom. The van der Waals surface area contributed by atoms with Crippen LogP contribution in [0.15, 0.2) is 17.5 Å². The summed E-state index contributed by atoms with van der Waals surface area (Å²) in [5.74, 6) is 0.324. The van der Waals surface area contributed by atoms with Gasteiger partial charge >= 0.3 is 5.97 Å². The van der Waals surface area contributed by atoms with Crippen molar-refractivity contribution in [1.29, 1.82) is 0 Å². The molecule has 4 nitrogen and oxygen atoms in total. The number of nitrogens with one attached hydrogen (secondary N) is 1. The molecule has 1 aromatic heterocycles. The standard InChI is InChI=1S/C13H17NO3S2/c15-11(9-18-8-10-3-1-6-19-10)14-13(4-2-5-13)7-12(16)17/h1,3,6H,2,4-5,7-9H2,(H,14,15)(H,16,17). The van der Waals surface area contributed by atoms with E-state index in [1.807, 2.05) is 17.5 Å². The third-order valence-electron chi connectivity index (χ3n) is 3.26. The minimum Gasteiger partial charge on any atom is -0.481 e. The van der Waals surface area contributed by atoms with Crippen LogP contribution in [0, 0.1) is 0 Å². The van der Waals surface area contributed by atoms with Crippen LogP contribution in [0.3, 0.4) is 0 Å². The first-order chi connectivity index (χ1) is 9.10. The van der Waals surface area contributed by atoms with Crippen LogP contribution in [0.4, 0.5) is 0 Å². The van der Waals surface area contributed by atoms with Crippen LogP contribution in [0.1, 0.15) is 30.6 Å². The van der Waals surface area contributed by atoms with Crippen LogP contribution in [0.5, 0.6) is 0 Å². The van der Waals surface area contributed by atoms with Crippen LogP contribution in [-0.4, -0.2) is 28.3 Å². The molecule has 0 unspecified atom stereocenters. The number of hydrogen-bond donors (Lipinski definition) is 2. The van der Waals surface area contributed by atoms with E-state index in [4.69, 9.17) is 5.11 Å². The molecule has 0 bridgehead atoms. The van der Waals surface area contributed by atoms with Crippen molar-refractivity contribution in [3.63, 3.8) is 0 Å². The summed E-state index contributed by atoms with van der Waals surface area (Å²) in [6, 6.07) is 4.05. The summed E-state index contributed by atoms with van der Waals surface area (Å²) in [6.07, 6.45) is 2.59. The molecule has 0 aromatic carbocycles. The average molecular weight is 299 g/mol. The molecule has 1 amide bonds. The highest BCUT2D eigenvalue weighted by Gasteiger charge is 2.40. The van der Waals surface area contributed by atoms with E-state index in [-0.39, 0.29) is 12.3 Å². The second kappa shape index (κ2) is 6.43. The Labute approximate surface area is 120 Å². The molecule has 1 fully saturated rings. The van der Waals surface area contributed by atoms with Crippen molar-refractivity contribution in [2.75, 3.05) is 5.75 Å². The van der Waals surface area contributed by atoms with Crippen LogP contribution < -0.4 is 5.32 Å². The Balaban J connectivity index is 1.72. The van der Waals surface area contributed by atoms with Crippen molar-refractivity contribution < 1.29 is 14.7 Å². The van der Waals surface area contributed by atoms with Gasteiger partial charge in [-0.2, -0.15) is 0 Å². The number of hydrogen-bond acceptors (Lipinski definition) is 4. The minimum absolute atomic E-state index is 0.0360. The predicted molar refractivity (Wildman–Crippen MR) is 77.5 cm³/mol. The third kappa shape index (κ3) is 4.24. The summed E-state index contributed by atoms with van der Waals surface area (Å²) in [5.41, 5.74) is -0.480. The highest BCUT2D eigenvalue weighted by molar-refractivity contribution is 7.99. The van der Waals surface area contributed by atoms with Crippen molar-refractivity contribution in [2.45, 2.75) is 37.0 Å². The number of thioether (sulfide) groups is 1. The zero-order valence-corrected chi connectivity index (χ0v) is 12.2. The highest BCUT2D eigenvalue weighted by Crippen LogP contribution is 2.35. The van der Waals surface area contributed by atoms with Crippen molar-refractivity contribution in [3.8, 4) is 0 Å². The monoisotopic (exact) mass is 299 g/mol. The Morgan fingerprint density at radius 3 is 2.79 bits per heavy atom. The lowest BCUT2D eigenvalue weighted by Crippen LogP contribution is -2.55. The number of carbonyl (C=O) groups is 2. The highest BCUT2D eigenvalue weighted by atomic mass is 32.2. The molecule has 2 N–H and O–H groups in total. The third-order valence-corrected chi connectivity index (χ3v) is 5.30. The van der Waals surface area contributed by atoms with Gasteiger partial charge in [-0.15, -0.1) is 23.1 Å². The van der Waals surface area contributed by atoms with E-state index in [0.717, 1.165) is 25.0 Å². The minimum atomic E-state index is -0.841. The Hall–Kier alpha value is -1.01. The summed E-state index contributed by atoms with van der Waals surface area (Å²) in [6.45, 7) is 0. The van der Waals surface area contributed by atoms with E-state index in [9.17, 15) is 9.59 Å². The SMILES string of the molecule is O=C(O)CC1(NC(=O)CSCc2cccs2)CCC1. The number of carbonyl (C=O) groups excluding carboxylic acids is 1. The molecular weight excluding hydrogens is 282 g/mol. The second-order valence-electron chi connectivity index (χ2n) is 4.82. The van der Waals surface area contributed by atoms with Crippen molar-refractivity contribution in [1.82, 2.24) is 5.32 Å². The lowest BCUT2D eigenvalue weighted by molar-refractivity contribution is -0.140. The maximum atomic E-state index is 11.8. The average Bonchev–Trinajstić information content (AvgIpc) is 2.78. The maximum absolute atomic E-state index is 11.8. The van der Waals surface area contributed by atoms with E-state index in [2.05, 4.69) is 5.32 Å². The molecule has 0 radical (unpaired) electrons. The molecule has 0 aliphatic heterocycles. The summed E-state index contributed by atoms with van der Waals surface area (Å²) in [7, 11) is 0. The summed E-state index contributed by atoms with van der Waals surface area (Å²) < 4.78 is 0. The summed E-state index contributed by atoms with van der Waals surface area (Å²) >= 11 is 3.25. The number of amides is 1. The maximum Gasteiger partial charge on any atom is 0.305 e. The lowest BCUT2D eigenvalue weighted by atomic mass is 9.74. The predicted octanol–water partition coefficient (Wildman–Crippen LogP) is 2.49. The largest absolute Gasteiger partial charge is 0.481 e. The van der Waals surface area contributed by atoms with Gasteiger partial charge in [-0.1, -0.05) is 6.07 Å². The first-order valence-electron chi connectivity index (χ1n) is 6.23. The van der Waals surface area contributed by atoms with Gasteiger partial charge < -0.3 is 10.4 Å². The Morgan fingerprint density at radius 1 is 1.47 bits per heavy atom. The van der Waals surface area contributed by atoms with Gasteiger partial charge in [-0.25, -0.2) is 0 Å². The number of carboxylic acid groups (broad SMARTS) is 1. The topological polar surface area (TPSA) is 66.4 Å². The molecular formula is C13H17NO3S2. The van der Waals surface area contributed by atoms with Gasteiger partial charge in [0.1, 0.15) is 0 Å². The van der Waals surface area contributed by atoms with Gasteiger partial charge in [0, 0.05) is 10.6 Å². The molecule has 1 aliphatic rings. The molecule has 1 aromatic rings. The molecule has 104 valence electrons. The zero-order valence-electron chi connectivity index (χ0n) is 10.6. The number of thiophene rings is 1. The van der Waals surface area contributed by atoms with Gasteiger partial charge in [0.2, 0.25) is 5.91 Å². The van der Waals surface area contributed by atoms with Gasteiger partial charge in [0.25, 0.3) is 0 Å². The Bertz CT molecular complexity index is 441.